The number of aromatic nitrogens is 2. The van der Waals surface area contributed by atoms with Crippen LogP contribution < -0.4 is 4.90 Å². The molecule has 0 saturated heterocycles. The van der Waals surface area contributed by atoms with E-state index in [2.05, 4.69) is 71.8 Å². The second kappa shape index (κ2) is 5.35. The predicted octanol–water partition coefficient (Wildman–Crippen LogP) is 5.38. The fourth-order valence-electron chi connectivity index (χ4n) is 5.26. The van der Waals surface area contributed by atoms with Crippen LogP contribution in [0.3, 0.4) is 0 Å². The molecule has 1 aromatic carbocycles. The number of hydrogen-bond donors (Lipinski definition) is 0. The summed E-state index contributed by atoms with van der Waals surface area (Å²) in [6, 6.07) is 15.5. The van der Waals surface area contributed by atoms with Gasteiger partial charge in [-0.3, -0.25) is 0 Å². The molecule has 0 bridgehead atoms. The number of pyridine rings is 1. The highest BCUT2D eigenvalue weighted by Crippen LogP contribution is 2.55. The van der Waals surface area contributed by atoms with E-state index in [0.717, 1.165) is 5.65 Å². The van der Waals surface area contributed by atoms with Crippen molar-refractivity contribution in [3.05, 3.63) is 65.6 Å². The third kappa shape index (κ3) is 1.95. The lowest BCUT2D eigenvalue weighted by Gasteiger charge is -2.45. The van der Waals surface area contributed by atoms with E-state index < -0.39 is 0 Å². The first-order valence-corrected chi connectivity index (χ1v) is 9.55. The summed E-state index contributed by atoms with van der Waals surface area (Å²) in [5.41, 5.74) is 6.63. The second-order valence-electron chi connectivity index (χ2n) is 7.70. The molecule has 3 aromatic rings. The second-order valence-corrected chi connectivity index (χ2v) is 7.70. The standard InChI is InChI=1S/C22H25N3/c1-16-10-4-5-11-18(16)25-17(2)20-21(22(25)13-7-3-8-14-22)24-15-9-6-12-19(24)23-20/h4-6,9-12,15,17H,3,7-8,13-14H2,1-2H3. The molecule has 1 spiro atoms. The zero-order chi connectivity index (χ0) is 17.0. The Bertz CT molecular complexity index is 933. The molecule has 2 aromatic heterocycles. The van der Waals surface area contributed by atoms with Crippen molar-refractivity contribution in [3.63, 3.8) is 0 Å². The Balaban J connectivity index is 1.79. The summed E-state index contributed by atoms with van der Waals surface area (Å²) in [5, 5.41) is 0. The number of hydrogen-bond acceptors (Lipinski definition) is 2. The lowest BCUT2D eigenvalue weighted by Crippen LogP contribution is -2.45. The van der Waals surface area contributed by atoms with Gasteiger partial charge in [-0.05, 0) is 50.5 Å². The van der Waals surface area contributed by atoms with Crippen LogP contribution in [-0.4, -0.2) is 9.38 Å². The summed E-state index contributed by atoms with van der Waals surface area (Å²) in [6.45, 7) is 4.57. The van der Waals surface area contributed by atoms with Crippen molar-refractivity contribution in [2.45, 2.75) is 57.5 Å². The number of nitrogens with zero attached hydrogens (tertiary/aromatic N) is 3. The lowest BCUT2D eigenvalue weighted by molar-refractivity contribution is 0.276. The number of para-hydroxylation sites is 1. The van der Waals surface area contributed by atoms with Gasteiger partial charge in [0.2, 0.25) is 0 Å². The fraction of sp³-hybridized carbons (Fsp3) is 0.409. The van der Waals surface area contributed by atoms with Crippen molar-refractivity contribution >= 4 is 11.3 Å². The molecule has 0 radical (unpaired) electrons. The molecule has 25 heavy (non-hydrogen) atoms. The van der Waals surface area contributed by atoms with Gasteiger partial charge in [0, 0.05) is 11.9 Å². The molecule has 128 valence electrons. The molecule has 3 heteroatoms. The van der Waals surface area contributed by atoms with Gasteiger partial charge in [-0.2, -0.15) is 0 Å². The van der Waals surface area contributed by atoms with Gasteiger partial charge in [0.15, 0.2) is 0 Å². The van der Waals surface area contributed by atoms with Crippen molar-refractivity contribution in [2.75, 3.05) is 4.90 Å². The van der Waals surface area contributed by atoms with Crippen molar-refractivity contribution in [1.82, 2.24) is 9.38 Å². The predicted molar refractivity (Wildman–Crippen MR) is 102 cm³/mol. The van der Waals surface area contributed by atoms with Crippen molar-refractivity contribution in [3.8, 4) is 0 Å². The largest absolute Gasteiger partial charge is 0.352 e. The number of fused-ring (bicyclic) bond motifs is 4. The fourth-order valence-corrected chi connectivity index (χ4v) is 5.26. The van der Waals surface area contributed by atoms with Gasteiger partial charge in [0.05, 0.1) is 23.0 Å². The molecule has 1 aliphatic carbocycles. The maximum absolute atomic E-state index is 5.05. The monoisotopic (exact) mass is 331 g/mol. The molecule has 3 nitrogen and oxygen atoms in total. The van der Waals surface area contributed by atoms with Crippen molar-refractivity contribution in [1.29, 1.82) is 0 Å². The average Bonchev–Trinajstić information content (AvgIpc) is 3.13. The first kappa shape index (κ1) is 15.0. The van der Waals surface area contributed by atoms with Crippen LogP contribution in [0, 0.1) is 6.92 Å². The van der Waals surface area contributed by atoms with Crippen molar-refractivity contribution < 1.29 is 0 Å². The molecule has 2 aliphatic rings. The van der Waals surface area contributed by atoms with Crippen LogP contribution in [0.2, 0.25) is 0 Å². The SMILES string of the molecule is Cc1ccccc1N1C(C)c2nc3ccccn3c2C12CCCCC2. The normalized spacial score (nSPS) is 21.8. The number of anilines is 1. The Morgan fingerprint density at radius 1 is 1.00 bits per heavy atom. The minimum Gasteiger partial charge on any atom is -0.352 e. The molecule has 0 amide bonds. The Morgan fingerprint density at radius 2 is 1.76 bits per heavy atom. The summed E-state index contributed by atoms with van der Waals surface area (Å²) in [7, 11) is 0. The molecule has 5 rings (SSSR count). The summed E-state index contributed by atoms with van der Waals surface area (Å²) >= 11 is 0. The van der Waals surface area contributed by atoms with Crippen LogP contribution in [0.25, 0.3) is 5.65 Å². The zero-order valence-corrected chi connectivity index (χ0v) is 15.1. The molecule has 3 heterocycles. The minimum absolute atomic E-state index is 0.0832. The molecule has 1 aliphatic heterocycles. The maximum atomic E-state index is 5.05. The van der Waals surface area contributed by atoms with E-state index >= 15 is 0 Å². The van der Waals surface area contributed by atoms with Crippen LogP contribution in [0.15, 0.2) is 48.7 Å². The number of imidazole rings is 1. The average molecular weight is 331 g/mol. The molecular formula is C22H25N3. The van der Waals surface area contributed by atoms with Crippen LogP contribution in [-0.2, 0) is 5.54 Å². The topological polar surface area (TPSA) is 20.5 Å². The minimum atomic E-state index is 0.0832. The van der Waals surface area contributed by atoms with Crippen LogP contribution in [0.4, 0.5) is 5.69 Å². The van der Waals surface area contributed by atoms with E-state index in [0.29, 0.717) is 6.04 Å². The third-order valence-electron chi connectivity index (χ3n) is 6.30. The molecule has 1 unspecified atom stereocenters. The highest BCUT2D eigenvalue weighted by Gasteiger charge is 2.52. The number of aryl methyl sites for hydroxylation is 1. The van der Waals surface area contributed by atoms with E-state index in [9.17, 15) is 0 Å². The van der Waals surface area contributed by atoms with Gasteiger partial charge in [-0.25, -0.2) is 4.98 Å². The van der Waals surface area contributed by atoms with E-state index in [1.54, 1.807) is 0 Å². The number of benzene rings is 1. The Labute approximate surface area is 149 Å². The van der Waals surface area contributed by atoms with Gasteiger partial charge in [-0.1, -0.05) is 43.5 Å². The summed E-state index contributed by atoms with van der Waals surface area (Å²) in [6.07, 6.45) is 8.60. The Morgan fingerprint density at radius 3 is 2.56 bits per heavy atom. The third-order valence-corrected chi connectivity index (χ3v) is 6.30. The van der Waals surface area contributed by atoms with Crippen LogP contribution >= 0.6 is 0 Å². The smallest absolute Gasteiger partial charge is 0.137 e. The van der Waals surface area contributed by atoms with Gasteiger partial charge in [0.1, 0.15) is 5.65 Å². The summed E-state index contributed by atoms with van der Waals surface area (Å²) in [5.74, 6) is 0. The Kier molecular flexibility index (Phi) is 3.21. The first-order chi connectivity index (χ1) is 12.2. The van der Waals surface area contributed by atoms with E-state index in [1.807, 2.05) is 0 Å². The highest BCUT2D eigenvalue weighted by atomic mass is 15.3. The molecule has 0 N–H and O–H groups in total. The van der Waals surface area contributed by atoms with Gasteiger partial charge < -0.3 is 9.30 Å². The van der Waals surface area contributed by atoms with Gasteiger partial charge in [-0.15, -0.1) is 0 Å². The van der Waals surface area contributed by atoms with E-state index in [4.69, 9.17) is 4.98 Å². The zero-order valence-electron chi connectivity index (χ0n) is 15.1. The lowest BCUT2D eigenvalue weighted by atomic mass is 9.79. The van der Waals surface area contributed by atoms with Crippen molar-refractivity contribution in [2.24, 2.45) is 0 Å². The van der Waals surface area contributed by atoms with Crippen LogP contribution in [0.5, 0.6) is 0 Å². The van der Waals surface area contributed by atoms with E-state index in [-0.39, 0.29) is 5.54 Å². The highest BCUT2D eigenvalue weighted by molar-refractivity contribution is 5.64. The molecule has 1 saturated carbocycles. The Hall–Kier alpha value is -2.29. The summed E-state index contributed by atoms with van der Waals surface area (Å²) < 4.78 is 2.36. The first-order valence-electron chi connectivity index (χ1n) is 9.55. The molecule has 1 fully saturated rings. The molecular weight excluding hydrogens is 306 g/mol. The van der Waals surface area contributed by atoms with Gasteiger partial charge >= 0.3 is 0 Å². The van der Waals surface area contributed by atoms with E-state index in [1.165, 1.54) is 54.7 Å². The van der Waals surface area contributed by atoms with Gasteiger partial charge in [0.25, 0.3) is 0 Å². The summed E-state index contributed by atoms with van der Waals surface area (Å²) in [4.78, 5) is 7.74. The molecule has 1 atom stereocenters. The quantitative estimate of drug-likeness (QED) is 0.596. The number of rotatable bonds is 1. The van der Waals surface area contributed by atoms with Crippen LogP contribution in [0.1, 0.15) is 62.0 Å². The maximum Gasteiger partial charge on any atom is 0.137 e.